The van der Waals surface area contributed by atoms with Gasteiger partial charge in [-0.2, -0.15) is 5.10 Å². The van der Waals surface area contributed by atoms with Crippen LogP contribution in [0.15, 0.2) is 23.0 Å². The molecule has 0 amide bonds. The van der Waals surface area contributed by atoms with E-state index in [-0.39, 0.29) is 12.2 Å². The van der Waals surface area contributed by atoms with Crippen LogP contribution < -0.4 is 11.4 Å². The summed E-state index contributed by atoms with van der Waals surface area (Å²) in [4.78, 5) is 12.1. The maximum atomic E-state index is 13.7. The Balaban J connectivity index is 2.00. The predicted octanol–water partition coefficient (Wildman–Crippen LogP) is 1.15. The minimum atomic E-state index is -0.405. The molecule has 1 aromatic heterocycles. The molecule has 0 saturated heterocycles. The van der Waals surface area contributed by atoms with E-state index in [4.69, 9.17) is 5.73 Å². The number of nitrogens with two attached hydrogens (primary N) is 1. The molecule has 6 heteroatoms. The van der Waals surface area contributed by atoms with E-state index in [1.165, 1.54) is 10.7 Å². The van der Waals surface area contributed by atoms with E-state index in [1.54, 1.807) is 16.7 Å². The van der Waals surface area contributed by atoms with Crippen LogP contribution in [0, 0.1) is 5.82 Å². The number of aryl methyl sites for hydroxylation is 1. The average Bonchev–Trinajstić information content (AvgIpc) is 2.72. The second-order valence-electron chi connectivity index (χ2n) is 4.77. The molecule has 0 spiro atoms. The third-order valence-corrected chi connectivity index (χ3v) is 3.49. The molecule has 1 aliphatic rings. The summed E-state index contributed by atoms with van der Waals surface area (Å²) in [5, 5.41) is 4.27. The maximum absolute atomic E-state index is 13.7. The molecule has 19 heavy (non-hydrogen) atoms. The summed E-state index contributed by atoms with van der Waals surface area (Å²) >= 11 is 0. The van der Waals surface area contributed by atoms with Crippen LogP contribution in [0.1, 0.15) is 24.2 Å². The van der Waals surface area contributed by atoms with Crippen molar-refractivity contribution in [3.05, 3.63) is 45.9 Å². The van der Waals surface area contributed by atoms with E-state index in [2.05, 4.69) is 5.10 Å². The van der Waals surface area contributed by atoms with Crippen molar-refractivity contribution in [1.82, 2.24) is 14.3 Å². The van der Waals surface area contributed by atoms with Gasteiger partial charge in [0.15, 0.2) is 0 Å². The lowest BCUT2D eigenvalue weighted by Gasteiger charge is -2.09. The minimum Gasteiger partial charge on any atom is -0.398 e. The molecule has 2 N–H and O–H groups in total. The highest BCUT2D eigenvalue weighted by Crippen LogP contribution is 2.17. The summed E-state index contributed by atoms with van der Waals surface area (Å²) in [6.45, 7) is 0.776. The van der Waals surface area contributed by atoms with Crippen LogP contribution in [-0.2, 0) is 19.5 Å². The van der Waals surface area contributed by atoms with Crippen molar-refractivity contribution < 1.29 is 4.39 Å². The van der Waals surface area contributed by atoms with Gasteiger partial charge in [0.2, 0.25) is 0 Å². The van der Waals surface area contributed by atoms with E-state index in [0.29, 0.717) is 17.8 Å². The third kappa shape index (κ3) is 2.03. The van der Waals surface area contributed by atoms with E-state index in [1.807, 2.05) is 0 Å². The fourth-order valence-electron chi connectivity index (χ4n) is 2.44. The van der Waals surface area contributed by atoms with Crippen LogP contribution in [-0.4, -0.2) is 14.3 Å². The molecule has 0 fully saturated rings. The van der Waals surface area contributed by atoms with Gasteiger partial charge in [-0.3, -0.25) is 4.57 Å². The Kier molecular flexibility index (Phi) is 2.85. The normalized spacial score (nSPS) is 14.4. The number of nitrogen functional groups attached to an aromatic ring is 1. The summed E-state index contributed by atoms with van der Waals surface area (Å²) in [7, 11) is 0. The summed E-state index contributed by atoms with van der Waals surface area (Å²) < 4.78 is 16.7. The Morgan fingerprint density at radius 2 is 2.21 bits per heavy atom. The number of fused-ring (bicyclic) bond motifs is 1. The number of anilines is 1. The highest BCUT2D eigenvalue weighted by molar-refractivity contribution is 5.47. The fourth-order valence-corrected chi connectivity index (χ4v) is 2.44. The molecule has 0 saturated carbocycles. The summed E-state index contributed by atoms with van der Waals surface area (Å²) in [5.41, 5.74) is 6.23. The second-order valence-corrected chi connectivity index (χ2v) is 4.77. The van der Waals surface area contributed by atoms with Crippen molar-refractivity contribution in [2.45, 2.75) is 32.4 Å². The Bertz CT molecular complexity index is 654. The van der Waals surface area contributed by atoms with Crippen molar-refractivity contribution in [3.8, 4) is 0 Å². The Labute approximate surface area is 109 Å². The molecule has 2 heterocycles. The monoisotopic (exact) mass is 262 g/mol. The first-order valence-corrected chi connectivity index (χ1v) is 6.36. The van der Waals surface area contributed by atoms with Gasteiger partial charge in [-0.15, -0.1) is 0 Å². The molecule has 2 aromatic rings. The zero-order valence-electron chi connectivity index (χ0n) is 10.5. The molecular formula is C13H15FN4O. The molecule has 0 unspecified atom stereocenters. The van der Waals surface area contributed by atoms with Gasteiger partial charge < -0.3 is 5.73 Å². The molecular weight excluding hydrogens is 247 g/mol. The number of halogens is 1. The van der Waals surface area contributed by atoms with Crippen molar-refractivity contribution in [3.63, 3.8) is 0 Å². The highest BCUT2D eigenvalue weighted by atomic mass is 19.1. The predicted molar refractivity (Wildman–Crippen MR) is 69.3 cm³/mol. The van der Waals surface area contributed by atoms with Crippen molar-refractivity contribution in [1.29, 1.82) is 0 Å². The van der Waals surface area contributed by atoms with Gasteiger partial charge in [-0.1, -0.05) is 6.07 Å². The van der Waals surface area contributed by atoms with E-state index < -0.39 is 5.82 Å². The van der Waals surface area contributed by atoms with E-state index >= 15 is 0 Å². The second kappa shape index (κ2) is 4.53. The van der Waals surface area contributed by atoms with Crippen molar-refractivity contribution in [2.24, 2.45) is 0 Å². The topological polar surface area (TPSA) is 65.8 Å². The largest absolute Gasteiger partial charge is 0.398 e. The minimum absolute atomic E-state index is 0.0807. The van der Waals surface area contributed by atoms with Gasteiger partial charge >= 0.3 is 5.69 Å². The molecule has 3 rings (SSSR count). The van der Waals surface area contributed by atoms with Crippen molar-refractivity contribution >= 4 is 5.69 Å². The number of hydrogen-bond donors (Lipinski definition) is 1. The lowest BCUT2D eigenvalue weighted by molar-refractivity contribution is 0.511. The summed E-state index contributed by atoms with van der Waals surface area (Å²) in [5.74, 6) is 0.379. The highest BCUT2D eigenvalue weighted by Gasteiger charge is 2.18. The first-order chi connectivity index (χ1) is 9.16. The standard InChI is InChI=1S/C13H15FN4O/c14-10-4-3-5-11(15)9(10)8-18-13(19)17-7-2-1-6-12(17)16-18/h3-5H,1-2,6-8,15H2. The van der Waals surface area contributed by atoms with Crippen LogP contribution in [0.3, 0.4) is 0 Å². The van der Waals surface area contributed by atoms with Crippen molar-refractivity contribution in [2.75, 3.05) is 5.73 Å². The summed E-state index contributed by atoms with van der Waals surface area (Å²) in [6, 6.07) is 4.52. The number of benzene rings is 1. The van der Waals surface area contributed by atoms with Crippen LogP contribution in [0.4, 0.5) is 10.1 Å². The molecule has 0 aliphatic carbocycles. The third-order valence-electron chi connectivity index (χ3n) is 3.49. The number of hydrogen-bond acceptors (Lipinski definition) is 3. The maximum Gasteiger partial charge on any atom is 0.346 e. The first kappa shape index (κ1) is 12.0. The zero-order valence-corrected chi connectivity index (χ0v) is 10.5. The van der Waals surface area contributed by atoms with E-state index in [9.17, 15) is 9.18 Å². The molecule has 0 bridgehead atoms. The SMILES string of the molecule is Nc1cccc(F)c1Cn1nc2n(c1=O)CCCC2. The Morgan fingerprint density at radius 1 is 1.37 bits per heavy atom. The molecule has 100 valence electrons. The van der Waals surface area contributed by atoms with Gasteiger partial charge in [0.25, 0.3) is 0 Å². The number of rotatable bonds is 2. The average molecular weight is 262 g/mol. The lowest BCUT2D eigenvalue weighted by atomic mass is 10.1. The first-order valence-electron chi connectivity index (χ1n) is 6.36. The number of nitrogens with zero attached hydrogens (tertiary/aromatic N) is 3. The van der Waals surface area contributed by atoms with Gasteiger partial charge in [0, 0.05) is 24.2 Å². The van der Waals surface area contributed by atoms with E-state index in [0.717, 1.165) is 25.1 Å². The van der Waals surface area contributed by atoms with Crippen LogP contribution >= 0.6 is 0 Å². The molecule has 0 atom stereocenters. The van der Waals surface area contributed by atoms with Gasteiger partial charge in [0.1, 0.15) is 11.6 Å². The van der Waals surface area contributed by atoms with Crippen LogP contribution in [0.2, 0.25) is 0 Å². The molecule has 5 nitrogen and oxygen atoms in total. The summed E-state index contributed by atoms with van der Waals surface area (Å²) in [6.07, 6.45) is 2.83. The fraction of sp³-hybridized carbons (Fsp3) is 0.385. The van der Waals surface area contributed by atoms with Gasteiger partial charge in [0.05, 0.1) is 6.54 Å². The zero-order chi connectivity index (χ0) is 13.4. The molecule has 1 aromatic carbocycles. The van der Waals surface area contributed by atoms with Gasteiger partial charge in [-0.05, 0) is 25.0 Å². The lowest BCUT2D eigenvalue weighted by Crippen LogP contribution is -2.27. The number of aromatic nitrogens is 3. The van der Waals surface area contributed by atoms with Gasteiger partial charge in [-0.25, -0.2) is 13.9 Å². The van der Waals surface area contributed by atoms with Crippen LogP contribution in [0.5, 0.6) is 0 Å². The van der Waals surface area contributed by atoms with Crippen LogP contribution in [0.25, 0.3) is 0 Å². The Hall–Kier alpha value is -2.11. The molecule has 0 radical (unpaired) electrons. The quantitative estimate of drug-likeness (QED) is 0.826. The Morgan fingerprint density at radius 3 is 2.95 bits per heavy atom. The smallest absolute Gasteiger partial charge is 0.346 e. The molecule has 1 aliphatic heterocycles.